The van der Waals surface area contributed by atoms with Crippen molar-refractivity contribution in [1.29, 1.82) is 0 Å². The monoisotopic (exact) mass is 316 g/mol. The zero-order chi connectivity index (χ0) is 16.8. The summed E-state index contributed by atoms with van der Waals surface area (Å²) >= 11 is 0. The second kappa shape index (κ2) is 7.74. The Bertz CT molecular complexity index is 556. The van der Waals surface area contributed by atoms with Crippen molar-refractivity contribution < 1.29 is 32.2 Å². The third-order valence-corrected chi connectivity index (χ3v) is 2.64. The lowest BCUT2D eigenvalue weighted by molar-refractivity contribution is -0.141. The summed E-state index contributed by atoms with van der Waals surface area (Å²) in [7, 11) is 1.24. The number of Topliss-reactive ketones (excluding diaryl/α,β-unsaturated/α-hetero) is 1. The highest BCUT2D eigenvalue weighted by molar-refractivity contribution is 6.21. The van der Waals surface area contributed by atoms with Crippen LogP contribution < -0.4 is 0 Å². The fraction of sp³-hybridized carbons (Fsp3) is 0.333. The number of ether oxygens (including phenoxy) is 2. The van der Waals surface area contributed by atoms with E-state index in [2.05, 4.69) is 4.74 Å². The summed E-state index contributed by atoms with van der Waals surface area (Å²) in [5.74, 6) is -1.74. The van der Waals surface area contributed by atoms with Crippen molar-refractivity contribution in [3.8, 4) is 0 Å². The largest absolute Gasteiger partial charge is 0.462 e. The van der Waals surface area contributed by atoms with Crippen LogP contribution in [0.2, 0.25) is 0 Å². The van der Waals surface area contributed by atoms with E-state index >= 15 is 0 Å². The average Bonchev–Trinajstić information content (AvgIpc) is 2.44. The minimum absolute atomic E-state index is 0.00263. The molecule has 0 amide bonds. The van der Waals surface area contributed by atoms with Gasteiger partial charge in [-0.2, -0.15) is 13.2 Å². The van der Waals surface area contributed by atoms with Crippen LogP contribution in [-0.4, -0.2) is 32.1 Å². The van der Waals surface area contributed by atoms with Gasteiger partial charge in [0.25, 0.3) is 0 Å². The van der Waals surface area contributed by atoms with Gasteiger partial charge in [0.15, 0.2) is 5.78 Å². The van der Waals surface area contributed by atoms with Gasteiger partial charge in [0, 0.05) is 7.11 Å². The molecule has 0 N–H and O–H groups in total. The molecule has 1 aromatic rings. The molecule has 4 nitrogen and oxygen atoms in total. The molecule has 0 aliphatic heterocycles. The van der Waals surface area contributed by atoms with Gasteiger partial charge in [-0.25, -0.2) is 4.79 Å². The van der Waals surface area contributed by atoms with Gasteiger partial charge in [0.2, 0.25) is 0 Å². The number of hydrogen-bond donors (Lipinski definition) is 0. The predicted molar refractivity (Wildman–Crippen MR) is 72.9 cm³/mol. The number of ketones is 1. The maximum Gasteiger partial charge on any atom is 0.416 e. The first-order chi connectivity index (χ1) is 10.3. The average molecular weight is 316 g/mol. The Kier molecular flexibility index (Phi) is 6.30. The van der Waals surface area contributed by atoms with E-state index in [4.69, 9.17) is 4.74 Å². The minimum Gasteiger partial charge on any atom is -0.462 e. The highest BCUT2D eigenvalue weighted by Gasteiger charge is 2.33. The first kappa shape index (κ1) is 17.9. The number of hydrogen-bond acceptors (Lipinski definition) is 4. The van der Waals surface area contributed by atoms with E-state index < -0.39 is 35.7 Å². The quantitative estimate of drug-likeness (QED) is 0.350. The van der Waals surface area contributed by atoms with Crippen LogP contribution in [0.25, 0.3) is 6.08 Å². The van der Waals surface area contributed by atoms with Crippen LogP contribution in [-0.2, 0) is 25.2 Å². The fourth-order valence-electron chi connectivity index (χ4n) is 1.71. The summed E-state index contributed by atoms with van der Waals surface area (Å²) < 4.78 is 48.2. The Morgan fingerprint density at radius 1 is 1.23 bits per heavy atom. The number of benzene rings is 1. The molecule has 22 heavy (non-hydrogen) atoms. The van der Waals surface area contributed by atoms with Crippen LogP contribution in [0.5, 0.6) is 0 Å². The molecule has 1 aromatic carbocycles. The molecule has 0 saturated heterocycles. The standard InChI is InChI=1S/C15H15F3O4/c1-3-22-14(20)11(13(19)9-21-2)8-10-6-4-5-7-12(10)15(16,17)18/h4-8H,3,9H2,1-2H3. The minimum atomic E-state index is -4.60. The lowest BCUT2D eigenvalue weighted by atomic mass is 10.0. The summed E-state index contributed by atoms with van der Waals surface area (Å²) in [5, 5.41) is 0. The lowest BCUT2D eigenvalue weighted by Crippen LogP contribution is -2.20. The maximum absolute atomic E-state index is 12.9. The number of methoxy groups -OCH3 is 1. The van der Waals surface area contributed by atoms with E-state index in [9.17, 15) is 22.8 Å². The predicted octanol–water partition coefficient (Wildman–Crippen LogP) is 2.87. The number of carbonyl (C=O) groups excluding carboxylic acids is 2. The van der Waals surface area contributed by atoms with Gasteiger partial charge in [0.05, 0.1) is 12.2 Å². The third kappa shape index (κ3) is 4.70. The van der Waals surface area contributed by atoms with Crippen LogP contribution >= 0.6 is 0 Å². The van der Waals surface area contributed by atoms with Crippen molar-refractivity contribution in [2.45, 2.75) is 13.1 Å². The second-order valence-corrected chi connectivity index (χ2v) is 4.22. The molecule has 0 radical (unpaired) electrons. The summed E-state index contributed by atoms with van der Waals surface area (Å²) in [6.07, 6.45) is -3.72. The molecule has 0 unspecified atom stereocenters. The number of rotatable bonds is 6. The van der Waals surface area contributed by atoms with E-state index in [0.29, 0.717) is 0 Å². The van der Waals surface area contributed by atoms with Crippen molar-refractivity contribution >= 4 is 17.8 Å². The molecule has 0 atom stereocenters. The molecule has 0 bridgehead atoms. The Labute approximate surface area is 125 Å². The van der Waals surface area contributed by atoms with Gasteiger partial charge < -0.3 is 9.47 Å². The van der Waals surface area contributed by atoms with Crippen molar-refractivity contribution in [2.24, 2.45) is 0 Å². The molecule has 0 saturated carbocycles. The number of esters is 1. The van der Waals surface area contributed by atoms with Gasteiger partial charge in [0.1, 0.15) is 12.2 Å². The molecule has 0 spiro atoms. The maximum atomic E-state index is 12.9. The highest BCUT2D eigenvalue weighted by atomic mass is 19.4. The number of carbonyl (C=O) groups is 2. The van der Waals surface area contributed by atoms with E-state index in [0.717, 1.165) is 12.1 Å². The molecule has 0 aliphatic rings. The molecular formula is C15H15F3O4. The Morgan fingerprint density at radius 2 is 1.86 bits per heavy atom. The normalized spacial score (nSPS) is 12.1. The van der Waals surface area contributed by atoms with Crippen molar-refractivity contribution in [3.05, 3.63) is 41.0 Å². The van der Waals surface area contributed by atoms with E-state index in [1.807, 2.05) is 0 Å². The molecule has 0 aliphatic carbocycles. The van der Waals surface area contributed by atoms with Crippen molar-refractivity contribution in [3.63, 3.8) is 0 Å². The topological polar surface area (TPSA) is 52.6 Å². The SMILES string of the molecule is CCOC(=O)C(=Cc1ccccc1C(F)(F)F)C(=O)COC. The Balaban J connectivity index is 3.34. The van der Waals surface area contributed by atoms with Gasteiger partial charge in [-0.05, 0) is 24.6 Å². The molecule has 0 aromatic heterocycles. The molecule has 1 rings (SSSR count). The van der Waals surface area contributed by atoms with Crippen molar-refractivity contribution in [1.82, 2.24) is 0 Å². The van der Waals surface area contributed by atoms with Crippen LogP contribution in [0, 0.1) is 0 Å². The fourth-order valence-corrected chi connectivity index (χ4v) is 1.71. The Morgan fingerprint density at radius 3 is 2.41 bits per heavy atom. The summed E-state index contributed by atoms with van der Waals surface area (Å²) in [5.41, 5.74) is -1.72. The summed E-state index contributed by atoms with van der Waals surface area (Å²) in [4.78, 5) is 23.6. The van der Waals surface area contributed by atoms with Crippen molar-refractivity contribution in [2.75, 3.05) is 20.3 Å². The smallest absolute Gasteiger partial charge is 0.416 e. The van der Waals surface area contributed by atoms with Crippen LogP contribution in [0.1, 0.15) is 18.1 Å². The second-order valence-electron chi connectivity index (χ2n) is 4.22. The molecule has 0 fully saturated rings. The van der Waals surface area contributed by atoms with Gasteiger partial charge in [-0.15, -0.1) is 0 Å². The molecule has 7 heteroatoms. The number of halogens is 3. The zero-order valence-corrected chi connectivity index (χ0v) is 12.1. The summed E-state index contributed by atoms with van der Waals surface area (Å²) in [6.45, 7) is 1.09. The lowest BCUT2D eigenvalue weighted by Gasteiger charge is -2.11. The van der Waals surface area contributed by atoms with Gasteiger partial charge in [-0.1, -0.05) is 18.2 Å². The van der Waals surface area contributed by atoms with Crippen LogP contribution in [0.3, 0.4) is 0 Å². The van der Waals surface area contributed by atoms with E-state index in [1.54, 1.807) is 0 Å². The third-order valence-electron chi connectivity index (χ3n) is 2.64. The van der Waals surface area contributed by atoms with Crippen LogP contribution in [0.15, 0.2) is 29.8 Å². The van der Waals surface area contributed by atoms with E-state index in [-0.39, 0.29) is 12.2 Å². The molecule has 120 valence electrons. The van der Waals surface area contributed by atoms with Gasteiger partial charge in [-0.3, -0.25) is 4.79 Å². The first-order valence-corrected chi connectivity index (χ1v) is 6.38. The van der Waals surface area contributed by atoms with E-state index in [1.165, 1.54) is 32.2 Å². The molecular weight excluding hydrogens is 301 g/mol. The Hall–Kier alpha value is -2.15. The van der Waals surface area contributed by atoms with Gasteiger partial charge >= 0.3 is 12.1 Å². The molecule has 0 heterocycles. The highest BCUT2D eigenvalue weighted by Crippen LogP contribution is 2.32. The summed E-state index contributed by atoms with van der Waals surface area (Å²) in [6, 6.07) is 4.64. The van der Waals surface area contributed by atoms with Crippen LogP contribution in [0.4, 0.5) is 13.2 Å². The number of alkyl halides is 3. The zero-order valence-electron chi connectivity index (χ0n) is 12.1. The first-order valence-electron chi connectivity index (χ1n) is 6.38.